The van der Waals surface area contributed by atoms with Gasteiger partial charge in [0.2, 0.25) is 17.0 Å². The summed E-state index contributed by atoms with van der Waals surface area (Å²) < 4.78 is 6.89. The Hall–Kier alpha value is -2.50. The Morgan fingerprint density at radius 1 is 1.20 bits per heavy atom. The molecule has 2 aromatic rings. The lowest BCUT2D eigenvalue weighted by atomic mass is 10.2. The topological polar surface area (TPSA) is 114 Å². The molecule has 10 nitrogen and oxygen atoms in total. The van der Waals surface area contributed by atoms with Crippen LogP contribution in [0.2, 0.25) is 0 Å². The van der Waals surface area contributed by atoms with Crippen LogP contribution in [0.15, 0.2) is 29.4 Å². The summed E-state index contributed by atoms with van der Waals surface area (Å²) in [6.45, 7) is 4.34. The van der Waals surface area contributed by atoms with Crippen LogP contribution in [-0.2, 0) is 27.9 Å². The fourth-order valence-corrected chi connectivity index (χ4v) is 3.72. The maximum Gasteiger partial charge on any atom is 0.225 e. The second kappa shape index (κ2) is 11.6. The molecule has 0 aliphatic carbocycles. The van der Waals surface area contributed by atoms with Gasteiger partial charge in [0, 0.05) is 57.5 Å². The lowest BCUT2D eigenvalue weighted by molar-refractivity contribution is -0.121. The van der Waals surface area contributed by atoms with Gasteiger partial charge in [0.1, 0.15) is 0 Å². The molecule has 1 aliphatic heterocycles. The Bertz CT molecular complexity index is 839. The number of benzene rings is 1. The number of nitrogens with zero attached hydrogens (tertiary/aromatic N) is 5. The van der Waals surface area contributed by atoms with E-state index in [9.17, 15) is 9.59 Å². The molecular weight excluding hydrogens is 406 g/mol. The number of thioether (sulfide) groups is 1. The second-order valence-electron chi connectivity index (χ2n) is 6.91. The van der Waals surface area contributed by atoms with Crippen molar-refractivity contribution < 1.29 is 14.3 Å². The molecule has 1 saturated heterocycles. The number of carbonyl (C=O) groups excluding carboxylic acids is 2. The third-order valence-electron chi connectivity index (χ3n) is 4.60. The SMILES string of the molecule is Cn1nnnc1SCCC(=O)NCc1cccc(NC(=O)CCN2CCOCC2)c1. The molecule has 0 saturated carbocycles. The van der Waals surface area contributed by atoms with Crippen molar-refractivity contribution in [1.29, 1.82) is 0 Å². The van der Waals surface area contributed by atoms with E-state index in [1.54, 1.807) is 11.7 Å². The molecule has 0 bridgehead atoms. The molecule has 2 heterocycles. The Morgan fingerprint density at radius 3 is 2.80 bits per heavy atom. The van der Waals surface area contributed by atoms with Crippen LogP contribution in [0.25, 0.3) is 0 Å². The maximum atomic E-state index is 12.2. The van der Waals surface area contributed by atoms with Crippen molar-refractivity contribution in [3.8, 4) is 0 Å². The van der Waals surface area contributed by atoms with Crippen LogP contribution in [0, 0.1) is 0 Å². The van der Waals surface area contributed by atoms with Gasteiger partial charge in [-0.2, -0.15) is 0 Å². The molecule has 0 atom stereocenters. The lowest BCUT2D eigenvalue weighted by Gasteiger charge is -2.26. The fraction of sp³-hybridized carbons (Fsp3) is 0.526. The highest BCUT2D eigenvalue weighted by atomic mass is 32.2. The number of aryl methyl sites for hydroxylation is 1. The summed E-state index contributed by atoms with van der Waals surface area (Å²) >= 11 is 1.44. The van der Waals surface area contributed by atoms with E-state index in [1.165, 1.54) is 11.8 Å². The van der Waals surface area contributed by atoms with Crippen LogP contribution in [0.4, 0.5) is 5.69 Å². The van der Waals surface area contributed by atoms with Gasteiger partial charge >= 0.3 is 0 Å². The summed E-state index contributed by atoms with van der Waals surface area (Å²) in [6.07, 6.45) is 0.815. The summed E-state index contributed by atoms with van der Waals surface area (Å²) in [4.78, 5) is 26.5. The largest absolute Gasteiger partial charge is 0.379 e. The first-order chi connectivity index (χ1) is 14.6. The fourth-order valence-electron chi connectivity index (χ4n) is 2.93. The molecule has 2 amide bonds. The van der Waals surface area contributed by atoms with E-state index < -0.39 is 0 Å². The number of aromatic nitrogens is 4. The number of tetrazole rings is 1. The third kappa shape index (κ3) is 7.39. The molecule has 162 valence electrons. The van der Waals surface area contributed by atoms with E-state index in [1.807, 2.05) is 24.3 Å². The van der Waals surface area contributed by atoms with E-state index in [0.29, 0.717) is 30.3 Å². The van der Waals surface area contributed by atoms with Gasteiger partial charge in [-0.15, -0.1) is 5.10 Å². The Morgan fingerprint density at radius 2 is 2.03 bits per heavy atom. The summed E-state index contributed by atoms with van der Waals surface area (Å²) in [6, 6.07) is 7.52. The van der Waals surface area contributed by atoms with Gasteiger partial charge in [-0.25, -0.2) is 4.68 Å². The summed E-state index contributed by atoms with van der Waals surface area (Å²) in [5.74, 6) is 0.537. The van der Waals surface area contributed by atoms with E-state index in [-0.39, 0.29) is 11.8 Å². The number of amides is 2. The van der Waals surface area contributed by atoms with Crippen molar-refractivity contribution in [3.63, 3.8) is 0 Å². The summed E-state index contributed by atoms with van der Waals surface area (Å²) in [7, 11) is 1.76. The van der Waals surface area contributed by atoms with Crippen LogP contribution >= 0.6 is 11.8 Å². The van der Waals surface area contributed by atoms with Gasteiger partial charge in [-0.05, 0) is 28.1 Å². The highest BCUT2D eigenvalue weighted by Gasteiger charge is 2.12. The molecule has 0 spiro atoms. The zero-order valence-corrected chi connectivity index (χ0v) is 17.9. The maximum absolute atomic E-state index is 12.2. The van der Waals surface area contributed by atoms with Crippen LogP contribution in [-0.4, -0.2) is 75.5 Å². The smallest absolute Gasteiger partial charge is 0.225 e. The van der Waals surface area contributed by atoms with E-state index in [4.69, 9.17) is 4.74 Å². The molecule has 2 N–H and O–H groups in total. The monoisotopic (exact) mass is 433 g/mol. The Labute approximate surface area is 179 Å². The van der Waals surface area contributed by atoms with Crippen molar-refractivity contribution in [2.45, 2.75) is 24.5 Å². The number of morpholine rings is 1. The van der Waals surface area contributed by atoms with Gasteiger partial charge in [0.25, 0.3) is 0 Å². The molecule has 1 fully saturated rings. The van der Waals surface area contributed by atoms with Crippen molar-refractivity contribution in [2.24, 2.45) is 7.05 Å². The number of nitrogens with one attached hydrogen (secondary N) is 2. The number of hydrogen-bond donors (Lipinski definition) is 2. The number of anilines is 1. The minimum Gasteiger partial charge on any atom is -0.379 e. The third-order valence-corrected chi connectivity index (χ3v) is 5.61. The van der Waals surface area contributed by atoms with Gasteiger partial charge in [0.05, 0.1) is 13.2 Å². The molecule has 30 heavy (non-hydrogen) atoms. The minimum absolute atomic E-state index is 0.0158. The van der Waals surface area contributed by atoms with Crippen molar-refractivity contribution in [1.82, 2.24) is 30.4 Å². The number of rotatable bonds is 10. The second-order valence-corrected chi connectivity index (χ2v) is 7.97. The average molecular weight is 434 g/mol. The zero-order valence-electron chi connectivity index (χ0n) is 17.0. The van der Waals surface area contributed by atoms with Gasteiger partial charge in [-0.3, -0.25) is 14.5 Å². The number of ether oxygens (including phenoxy) is 1. The highest BCUT2D eigenvalue weighted by Crippen LogP contribution is 2.14. The minimum atomic E-state index is -0.0439. The predicted molar refractivity (Wildman–Crippen MR) is 113 cm³/mol. The van der Waals surface area contributed by atoms with Gasteiger partial charge in [0.15, 0.2) is 0 Å². The summed E-state index contributed by atoms with van der Waals surface area (Å²) in [5.41, 5.74) is 1.67. The Balaban J connectivity index is 1.36. The normalized spacial score (nSPS) is 14.4. The van der Waals surface area contributed by atoms with Crippen molar-refractivity contribution >= 4 is 29.3 Å². The molecule has 3 rings (SSSR count). The summed E-state index contributed by atoms with van der Waals surface area (Å²) in [5, 5.41) is 17.7. The standard InChI is InChI=1S/C19H27N7O3S/c1-25-19(22-23-24-25)30-12-6-17(27)20-14-15-3-2-4-16(13-15)21-18(28)5-7-26-8-10-29-11-9-26/h2-4,13H,5-12,14H2,1H3,(H,20,27)(H,21,28). The lowest BCUT2D eigenvalue weighted by Crippen LogP contribution is -2.38. The number of hydrogen-bond acceptors (Lipinski definition) is 8. The molecule has 11 heteroatoms. The predicted octanol–water partition coefficient (Wildman–Crippen LogP) is 0.670. The molecule has 1 aromatic heterocycles. The van der Waals surface area contributed by atoms with E-state index >= 15 is 0 Å². The van der Waals surface area contributed by atoms with Crippen LogP contribution in [0.5, 0.6) is 0 Å². The molecule has 0 radical (unpaired) electrons. The van der Waals surface area contributed by atoms with Gasteiger partial charge in [-0.1, -0.05) is 23.9 Å². The number of carbonyl (C=O) groups is 2. The molecule has 1 aliphatic rings. The first-order valence-corrected chi connectivity index (χ1v) is 10.9. The molecular formula is C19H27N7O3S. The van der Waals surface area contributed by atoms with Crippen molar-refractivity contribution in [2.75, 3.05) is 43.9 Å². The van der Waals surface area contributed by atoms with Crippen LogP contribution < -0.4 is 10.6 Å². The molecule has 0 unspecified atom stereocenters. The first-order valence-electron chi connectivity index (χ1n) is 9.91. The quantitative estimate of drug-likeness (QED) is 0.526. The van der Waals surface area contributed by atoms with Crippen LogP contribution in [0.1, 0.15) is 18.4 Å². The van der Waals surface area contributed by atoms with E-state index in [2.05, 4.69) is 31.1 Å². The van der Waals surface area contributed by atoms with Gasteiger partial charge < -0.3 is 15.4 Å². The molecule has 1 aromatic carbocycles. The zero-order chi connectivity index (χ0) is 21.2. The van der Waals surface area contributed by atoms with Crippen LogP contribution in [0.3, 0.4) is 0 Å². The highest BCUT2D eigenvalue weighted by molar-refractivity contribution is 7.99. The van der Waals surface area contributed by atoms with E-state index in [0.717, 1.165) is 44.1 Å². The first kappa shape index (κ1) is 22.2. The Kier molecular flexibility index (Phi) is 8.60. The van der Waals surface area contributed by atoms with Crippen molar-refractivity contribution in [3.05, 3.63) is 29.8 Å². The average Bonchev–Trinajstić information content (AvgIpc) is 3.16.